The van der Waals surface area contributed by atoms with Gasteiger partial charge in [0.25, 0.3) is 0 Å². The summed E-state index contributed by atoms with van der Waals surface area (Å²) in [5, 5.41) is 0. The molecule has 100 valence electrons. The number of aromatic nitrogens is 1. The van der Waals surface area contributed by atoms with E-state index >= 15 is 0 Å². The Balaban J connectivity index is 3.15. The first-order valence-corrected chi connectivity index (χ1v) is 6.69. The third kappa shape index (κ3) is 3.31. The molecule has 0 saturated heterocycles. The SMILES string of the molecule is CC=Nc1c(C(C)(C)CCCC)c[nH]c1C=NC. The lowest BCUT2D eigenvalue weighted by Gasteiger charge is -2.24. The summed E-state index contributed by atoms with van der Waals surface area (Å²) in [6.45, 7) is 8.75. The minimum absolute atomic E-state index is 0.147. The predicted molar refractivity (Wildman–Crippen MR) is 80.7 cm³/mol. The van der Waals surface area contributed by atoms with Gasteiger partial charge >= 0.3 is 0 Å². The lowest BCUT2D eigenvalue weighted by molar-refractivity contribution is 0.459. The largest absolute Gasteiger partial charge is 0.358 e. The van der Waals surface area contributed by atoms with Crippen LogP contribution in [0, 0.1) is 0 Å². The van der Waals surface area contributed by atoms with E-state index in [1.807, 2.05) is 19.4 Å². The fourth-order valence-electron chi connectivity index (χ4n) is 2.20. The summed E-state index contributed by atoms with van der Waals surface area (Å²) in [6, 6.07) is 0. The Labute approximate surface area is 110 Å². The molecule has 18 heavy (non-hydrogen) atoms. The highest BCUT2D eigenvalue weighted by Gasteiger charge is 2.25. The van der Waals surface area contributed by atoms with Gasteiger partial charge in [-0.2, -0.15) is 0 Å². The van der Waals surface area contributed by atoms with E-state index in [1.165, 1.54) is 24.8 Å². The molecule has 0 unspecified atom stereocenters. The van der Waals surface area contributed by atoms with Crippen molar-refractivity contribution in [3.8, 4) is 0 Å². The summed E-state index contributed by atoms with van der Waals surface area (Å²) in [6.07, 6.45) is 9.40. The minimum Gasteiger partial charge on any atom is -0.358 e. The number of nitrogens with zero attached hydrogens (tertiary/aromatic N) is 2. The predicted octanol–water partition coefficient (Wildman–Crippen LogP) is 4.25. The highest BCUT2D eigenvalue weighted by atomic mass is 14.8. The molecule has 0 bridgehead atoms. The van der Waals surface area contributed by atoms with Crippen LogP contribution >= 0.6 is 0 Å². The number of rotatable bonds is 6. The zero-order chi connectivity index (χ0) is 13.6. The highest BCUT2D eigenvalue weighted by molar-refractivity contribution is 5.87. The maximum Gasteiger partial charge on any atom is 0.0927 e. The van der Waals surface area contributed by atoms with E-state index in [2.05, 4.69) is 41.9 Å². The van der Waals surface area contributed by atoms with Gasteiger partial charge in [-0.05, 0) is 18.8 Å². The van der Waals surface area contributed by atoms with Crippen LogP contribution in [0.4, 0.5) is 5.69 Å². The van der Waals surface area contributed by atoms with Crippen molar-refractivity contribution in [1.29, 1.82) is 0 Å². The maximum absolute atomic E-state index is 4.51. The standard InChI is InChI=1S/C15H25N3/c1-6-8-9-15(3,4)12-10-18-13(11-16-5)14(12)17-7-2/h7,10-11,18H,6,8-9H2,1-5H3. The average Bonchev–Trinajstić information content (AvgIpc) is 2.72. The van der Waals surface area contributed by atoms with Gasteiger partial charge in [-0.3, -0.25) is 9.98 Å². The van der Waals surface area contributed by atoms with E-state index in [0.29, 0.717) is 0 Å². The molecule has 0 radical (unpaired) electrons. The van der Waals surface area contributed by atoms with Gasteiger partial charge < -0.3 is 4.98 Å². The van der Waals surface area contributed by atoms with Crippen LogP contribution in [0.3, 0.4) is 0 Å². The summed E-state index contributed by atoms with van der Waals surface area (Å²) < 4.78 is 0. The number of aromatic amines is 1. The number of hydrogen-bond acceptors (Lipinski definition) is 2. The fraction of sp³-hybridized carbons (Fsp3) is 0.600. The second kappa shape index (κ2) is 6.53. The first-order chi connectivity index (χ1) is 8.56. The molecule has 0 aliphatic heterocycles. The Morgan fingerprint density at radius 2 is 2.11 bits per heavy atom. The maximum atomic E-state index is 4.51. The number of hydrogen-bond donors (Lipinski definition) is 1. The van der Waals surface area contributed by atoms with Gasteiger partial charge in [0.05, 0.1) is 11.4 Å². The molecule has 0 aliphatic carbocycles. The molecule has 0 amide bonds. The van der Waals surface area contributed by atoms with Crippen LogP contribution in [-0.4, -0.2) is 24.5 Å². The molecule has 0 saturated carbocycles. The molecule has 1 N–H and O–H groups in total. The van der Waals surface area contributed by atoms with Gasteiger partial charge in [0.1, 0.15) is 0 Å². The molecule has 1 heterocycles. The lowest BCUT2D eigenvalue weighted by Crippen LogP contribution is -2.16. The second-order valence-electron chi connectivity index (χ2n) is 5.23. The summed E-state index contributed by atoms with van der Waals surface area (Å²) >= 11 is 0. The molecular weight excluding hydrogens is 222 g/mol. The molecule has 0 aliphatic rings. The van der Waals surface area contributed by atoms with Crippen molar-refractivity contribution in [3.63, 3.8) is 0 Å². The van der Waals surface area contributed by atoms with Crippen molar-refractivity contribution in [2.45, 2.75) is 52.4 Å². The molecule has 0 fully saturated rings. The normalized spacial score (nSPS) is 12.9. The zero-order valence-corrected chi connectivity index (χ0v) is 12.2. The first-order valence-electron chi connectivity index (χ1n) is 6.69. The number of nitrogens with one attached hydrogen (secondary N) is 1. The van der Waals surface area contributed by atoms with Gasteiger partial charge in [-0.1, -0.05) is 33.6 Å². The van der Waals surface area contributed by atoms with Crippen LogP contribution in [0.2, 0.25) is 0 Å². The fourth-order valence-corrected chi connectivity index (χ4v) is 2.20. The topological polar surface area (TPSA) is 40.5 Å². The molecule has 0 aromatic carbocycles. The molecule has 1 aromatic rings. The molecule has 0 atom stereocenters. The summed E-state index contributed by atoms with van der Waals surface area (Å²) in [4.78, 5) is 11.9. The zero-order valence-electron chi connectivity index (χ0n) is 12.2. The lowest BCUT2D eigenvalue weighted by atomic mass is 9.80. The minimum atomic E-state index is 0.147. The number of aliphatic imine (C=N–C) groups is 2. The van der Waals surface area contributed by atoms with Crippen molar-refractivity contribution >= 4 is 18.1 Å². The van der Waals surface area contributed by atoms with Crippen LogP contribution in [0.1, 0.15) is 58.2 Å². The van der Waals surface area contributed by atoms with Crippen molar-refractivity contribution in [2.24, 2.45) is 9.98 Å². The Hall–Kier alpha value is -1.38. The Morgan fingerprint density at radius 1 is 1.39 bits per heavy atom. The van der Waals surface area contributed by atoms with Crippen LogP contribution in [0.25, 0.3) is 0 Å². The molecule has 0 spiro atoms. The van der Waals surface area contributed by atoms with E-state index in [4.69, 9.17) is 0 Å². The van der Waals surface area contributed by atoms with Crippen molar-refractivity contribution in [1.82, 2.24) is 4.98 Å². The third-order valence-corrected chi connectivity index (χ3v) is 3.28. The van der Waals surface area contributed by atoms with E-state index in [1.54, 1.807) is 7.05 Å². The third-order valence-electron chi connectivity index (χ3n) is 3.28. The van der Waals surface area contributed by atoms with E-state index < -0.39 is 0 Å². The van der Waals surface area contributed by atoms with Crippen LogP contribution in [-0.2, 0) is 5.41 Å². The molecule has 1 rings (SSSR count). The highest BCUT2D eigenvalue weighted by Crippen LogP contribution is 2.37. The molecule has 1 aromatic heterocycles. The van der Waals surface area contributed by atoms with Crippen molar-refractivity contribution in [3.05, 3.63) is 17.5 Å². The Morgan fingerprint density at radius 3 is 2.67 bits per heavy atom. The van der Waals surface area contributed by atoms with Gasteiger partial charge in [-0.25, -0.2) is 0 Å². The summed E-state index contributed by atoms with van der Waals surface area (Å²) in [5.74, 6) is 0. The molecule has 3 heteroatoms. The monoisotopic (exact) mass is 247 g/mol. The van der Waals surface area contributed by atoms with E-state index in [0.717, 1.165) is 11.4 Å². The van der Waals surface area contributed by atoms with E-state index in [-0.39, 0.29) is 5.41 Å². The van der Waals surface area contributed by atoms with Gasteiger partial charge in [0, 0.05) is 31.2 Å². The summed E-state index contributed by atoms with van der Waals surface area (Å²) in [7, 11) is 1.78. The van der Waals surface area contributed by atoms with Gasteiger partial charge in [-0.15, -0.1) is 0 Å². The molecule has 3 nitrogen and oxygen atoms in total. The quantitative estimate of drug-likeness (QED) is 0.730. The van der Waals surface area contributed by atoms with Crippen LogP contribution in [0.5, 0.6) is 0 Å². The van der Waals surface area contributed by atoms with Crippen molar-refractivity contribution in [2.75, 3.05) is 7.05 Å². The number of H-pyrrole nitrogens is 1. The van der Waals surface area contributed by atoms with E-state index in [9.17, 15) is 0 Å². The smallest absolute Gasteiger partial charge is 0.0927 e. The average molecular weight is 247 g/mol. The summed E-state index contributed by atoms with van der Waals surface area (Å²) in [5.41, 5.74) is 3.46. The van der Waals surface area contributed by atoms with Gasteiger partial charge in [0.2, 0.25) is 0 Å². The Bertz CT molecular complexity index is 425. The molecular formula is C15H25N3. The van der Waals surface area contributed by atoms with Crippen LogP contribution < -0.4 is 0 Å². The number of unbranched alkanes of at least 4 members (excludes halogenated alkanes) is 1. The second-order valence-corrected chi connectivity index (χ2v) is 5.23. The Kier molecular flexibility index (Phi) is 5.32. The first kappa shape index (κ1) is 14.7. The van der Waals surface area contributed by atoms with Crippen molar-refractivity contribution < 1.29 is 0 Å². The van der Waals surface area contributed by atoms with Gasteiger partial charge in [0.15, 0.2) is 0 Å². The van der Waals surface area contributed by atoms with Crippen LogP contribution in [0.15, 0.2) is 16.2 Å².